The summed E-state index contributed by atoms with van der Waals surface area (Å²) < 4.78 is 2.72. The van der Waals surface area contributed by atoms with Crippen LogP contribution >= 0.6 is 11.3 Å². The second-order valence-corrected chi connectivity index (χ2v) is 29.6. The van der Waals surface area contributed by atoms with E-state index in [9.17, 15) is 0 Å². The van der Waals surface area contributed by atoms with E-state index in [2.05, 4.69) is 223 Å². The molecule has 0 spiro atoms. The van der Waals surface area contributed by atoms with Crippen molar-refractivity contribution >= 4 is 77.7 Å². The monoisotopic (exact) mass is 987 g/mol. The van der Waals surface area contributed by atoms with E-state index in [4.69, 9.17) is 0 Å². The van der Waals surface area contributed by atoms with Crippen LogP contribution in [0.1, 0.15) is 186 Å². The Labute approximate surface area is 446 Å². The summed E-state index contributed by atoms with van der Waals surface area (Å²) >= 11 is 1.98. The van der Waals surface area contributed by atoms with Gasteiger partial charge in [0.25, 0.3) is 0 Å². The molecule has 2 aliphatic heterocycles. The number of anilines is 5. The topological polar surface area (TPSA) is 6.48 Å². The molecule has 74 heavy (non-hydrogen) atoms. The van der Waals surface area contributed by atoms with Crippen LogP contribution in [-0.2, 0) is 37.9 Å². The second-order valence-electron chi connectivity index (χ2n) is 28.5. The first-order chi connectivity index (χ1) is 34.8. The van der Waals surface area contributed by atoms with Gasteiger partial charge in [0, 0.05) is 53.9 Å². The Morgan fingerprint density at radius 2 is 0.986 bits per heavy atom. The summed E-state index contributed by atoms with van der Waals surface area (Å²) in [6, 6.07) is 44.8. The van der Waals surface area contributed by atoms with Gasteiger partial charge in [-0.1, -0.05) is 164 Å². The molecule has 0 saturated heterocycles. The molecule has 7 aromatic carbocycles. The van der Waals surface area contributed by atoms with Crippen LogP contribution in [0.3, 0.4) is 0 Å². The summed E-state index contributed by atoms with van der Waals surface area (Å²) in [6.07, 6.45) is 7.09. The molecular formula is C70H75BN2S. The molecule has 0 fully saturated rings. The molecule has 1 aromatic heterocycles. The summed E-state index contributed by atoms with van der Waals surface area (Å²) in [5.74, 6) is 0. The van der Waals surface area contributed by atoms with Crippen LogP contribution in [0.2, 0.25) is 0 Å². The van der Waals surface area contributed by atoms with Crippen molar-refractivity contribution in [1.29, 1.82) is 0 Å². The van der Waals surface area contributed by atoms with Crippen LogP contribution in [0.4, 0.5) is 28.4 Å². The molecule has 0 N–H and O–H groups in total. The van der Waals surface area contributed by atoms with Crippen molar-refractivity contribution in [2.24, 2.45) is 0 Å². The van der Waals surface area contributed by atoms with Gasteiger partial charge in [-0.25, -0.2) is 0 Å². The lowest BCUT2D eigenvalue weighted by Gasteiger charge is -2.50. The largest absolute Gasteiger partial charge is 0.376 e. The average Bonchev–Trinajstić information content (AvgIpc) is 3.84. The summed E-state index contributed by atoms with van der Waals surface area (Å²) in [4.78, 5) is 5.75. The molecule has 4 heteroatoms. The Bertz CT molecular complexity index is 3810. The fourth-order valence-electron chi connectivity index (χ4n) is 15.8. The first kappa shape index (κ1) is 46.9. The van der Waals surface area contributed by atoms with E-state index in [0.29, 0.717) is 0 Å². The number of benzene rings is 7. The van der Waals surface area contributed by atoms with Gasteiger partial charge < -0.3 is 9.71 Å². The average molecular weight is 987 g/mol. The Kier molecular flexibility index (Phi) is 9.30. The zero-order chi connectivity index (χ0) is 51.8. The van der Waals surface area contributed by atoms with Crippen molar-refractivity contribution in [3.63, 3.8) is 0 Å². The number of aryl methyl sites for hydroxylation is 1. The van der Waals surface area contributed by atoms with Gasteiger partial charge in [0.15, 0.2) is 0 Å². The first-order valence-corrected chi connectivity index (χ1v) is 29.0. The lowest BCUT2D eigenvalue weighted by atomic mass is 9.42. The number of thiophene rings is 1. The van der Waals surface area contributed by atoms with Crippen LogP contribution in [0, 0.1) is 6.92 Å². The van der Waals surface area contributed by atoms with Gasteiger partial charge in [-0.3, -0.25) is 0 Å². The van der Waals surface area contributed by atoms with E-state index in [-0.39, 0.29) is 44.8 Å². The zero-order valence-electron chi connectivity index (χ0n) is 47.0. The fraction of sp³-hybridized carbons (Fsp3) is 0.400. The van der Waals surface area contributed by atoms with Gasteiger partial charge in [0.05, 0.1) is 5.69 Å². The van der Waals surface area contributed by atoms with E-state index in [1.54, 1.807) is 0 Å². The lowest BCUT2D eigenvalue weighted by molar-refractivity contribution is 0.332. The predicted molar refractivity (Wildman–Crippen MR) is 321 cm³/mol. The highest BCUT2D eigenvalue weighted by Crippen LogP contribution is 2.61. The van der Waals surface area contributed by atoms with Crippen LogP contribution in [0.15, 0.2) is 109 Å². The van der Waals surface area contributed by atoms with Gasteiger partial charge in [-0.2, -0.15) is 0 Å². The third kappa shape index (κ3) is 6.13. The van der Waals surface area contributed by atoms with Crippen molar-refractivity contribution in [3.05, 3.63) is 159 Å². The van der Waals surface area contributed by atoms with E-state index in [1.807, 2.05) is 11.3 Å². The molecule has 374 valence electrons. The SMILES string of the molecule is Cc1cc2c(cc1N1c3c(ccc4c3C(C)(C)c3ccccc3-4)B3c4c(cc5sc6ccccc6c5c41)-c1cc4c(cc1N3c1ccc3c(c1)C(C)(C)CCC3(C)C)C(C)(C)CCC4(C)C)C(C)(C)CCC2(C)C. The number of rotatable bonds is 2. The van der Waals surface area contributed by atoms with Crippen LogP contribution < -0.4 is 20.6 Å². The summed E-state index contributed by atoms with van der Waals surface area (Å²) in [5.41, 5.74) is 28.5. The third-order valence-corrected chi connectivity index (χ3v) is 21.8. The highest BCUT2D eigenvalue weighted by atomic mass is 32.1. The normalized spacial score (nSPS) is 21.0. The summed E-state index contributed by atoms with van der Waals surface area (Å²) in [6.45, 7) is 37.3. The minimum atomic E-state index is -0.267. The maximum atomic E-state index is 2.88. The highest BCUT2D eigenvalue weighted by molar-refractivity contribution is 7.26. The molecule has 0 unspecified atom stereocenters. The quantitative estimate of drug-likeness (QED) is 0.159. The molecule has 3 heterocycles. The number of hydrogen-bond acceptors (Lipinski definition) is 3. The lowest BCUT2D eigenvalue weighted by Crippen LogP contribution is -2.62. The second kappa shape index (κ2) is 14.7. The smallest absolute Gasteiger partial charge is 0.333 e. The molecule has 0 radical (unpaired) electrons. The molecular weight excluding hydrogens is 912 g/mol. The van der Waals surface area contributed by atoms with Crippen LogP contribution in [0.5, 0.6) is 0 Å². The molecule has 4 aliphatic carbocycles. The predicted octanol–water partition coefficient (Wildman–Crippen LogP) is 18.4. The molecule has 14 rings (SSSR count). The number of nitrogens with zero attached hydrogens (tertiary/aromatic N) is 2. The van der Waals surface area contributed by atoms with E-state index in [0.717, 1.165) is 0 Å². The maximum Gasteiger partial charge on any atom is 0.333 e. The Balaban J connectivity index is 1.20. The zero-order valence-corrected chi connectivity index (χ0v) is 47.8. The van der Waals surface area contributed by atoms with Gasteiger partial charge >= 0.3 is 6.85 Å². The standard InChI is InChI=1S/C70H75BN2S/c1-40-34-49-52(68(10,11)32-30-65(49,4)5)38-55(40)72-62-54(27-25-43-42-20-16-18-22-47(42)70(14,15)60(43)62)71-61-46(37-58-59(63(61)72)44-21-17-19-23-57(44)74-58)45-36-51-53(69(12,13)33-31-67(51,8)9)39-56(45)73(71)41-24-26-48-50(35-41)66(6,7)29-28-64(48,2)3/h16-27,34-39H,28-33H2,1-15H3. The number of hydrogen-bond donors (Lipinski definition) is 0. The molecule has 0 bridgehead atoms. The first-order valence-electron chi connectivity index (χ1n) is 28.2. The van der Waals surface area contributed by atoms with Crippen LogP contribution in [0.25, 0.3) is 42.4 Å². The van der Waals surface area contributed by atoms with E-state index in [1.165, 1.54) is 170 Å². The minimum absolute atomic E-state index is 0.0350. The molecule has 0 amide bonds. The summed E-state index contributed by atoms with van der Waals surface area (Å²) in [5, 5.41) is 2.74. The Morgan fingerprint density at radius 3 is 1.65 bits per heavy atom. The van der Waals surface area contributed by atoms with Crippen LogP contribution in [-0.4, -0.2) is 6.85 Å². The molecule has 0 saturated carbocycles. The Hall–Kier alpha value is -5.58. The van der Waals surface area contributed by atoms with Gasteiger partial charge in [-0.15, -0.1) is 11.3 Å². The summed E-state index contributed by atoms with van der Waals surface area (Å²) in [7, 11) is 0. The molecule has 8 aromatic rings. The molecule has 0 atom stereocenters. The van der Waals surface area contributed by atoms with Gasteiger partial charge in [0.2, 0.25) is 0 Å². The highest BCUT2D eigenvalue weighted by Gasteiger charge is 2.52. The van der Waals surface area contributed by atoms with Crippen molar-refractivity contribution < 1.29 is 0 Å². The molecule has 6 aliphatic rings. The third-order valence-electron chi connectivity index (χ3n) is 20.7. The van der Waals surface area contributed by atoms with Crippen molar-refractivity contribution in [1.82, 2.24) is 0 Å². The van der Waals surface area contributed by atoms with E-state index < -0.39 is 0 Å². The maximum absolute atomic E-state index is 2.88. The van der Waals surface area contributed by atoms with Crippen molar-refractivity contribution in [2.45, 2.75) is 180 Å². The van der Waals surface area contributed by atoms with Gasteiger partial charge in [0.1, 0.15) is 0 Å². The fourth-order valence-corrected chi connectivity index (χ4v) is 17.0. The minimum Gasteiger partial charge on any atom is -0.376 e. The molecule has 2 nitrogen and oxygen atoms in total. The van der Waals surface area contributed by atoms with Crippen molar-refractivity contribution in [2.75, 3.05) is 9.71 Å². The van der Waals surface area contributed by atoms with E-state index >= 15 is 0 Å². The van der Waals surface area contributed by atoms with Gasteiger partial charge in [-0.05, 0) is 198 Å². The Morgan fingerprint density at radius 1 is 0.432 bits per heavy atom. The number of fused-ring (bicyclic) bond motifs is 15. The van der Waals surface area contributed by atoms with Crippen molar-refractivity contribution in [3.8, 4) is 22.3 Å².